The van der Waals surface area contributed by atoms with E-state index in [-0.39, 0.29) is 24.8 Å². The number of fused-ring (bicyclic) bond motifs is 1. The van der Waals surface area contributed by atoms with E-state index in [4.69, 9.17) is 5.73 Å². The number of nitrogens with two attached hydrogens (primary N) is 1. The van der Waals surface area contributed by atoms with Gasteiger partial charge in [0.1, 0.15) is 5.82 Å². The Morgan fingerprint density at radius 1 is 1.09 bits per heavy atom. The van der Waals surface area contributed by atoms with Crippen LogP contribution in [-0.2, 0) is 12.8 Å². The largest absolute Gasteiger partial charge is 0.342 e. The van der Waals surface area contributed by atoms with Crippen LogP contribution in [0.2, 0.25) is 0 Å². The van der Waals surface area contributed by atoms with Crippen LogP contribution in [0.15, 0.2) is 42.5 Å². The molecule has 1 heterocycles. The van der Waals surface area contributed by atoms with E-state index in [0.717, 1.165) is 29.7 Å². The lowest BCUT2D eigenvalue weighted by Crippen LogP contribution is -2.03. The molecule has 118 valence electrons. The molecule has 0 amide bonds. The Morgan fingerprint density at radius 3 is 2.59 bits per heavy atom. The van der Waals surface area contributed by atoms with Gasteiger partial charge < -0.3 is 10.7 Å². The summed E-state index contributed by atoms with van der Waals surface area (Å²) in [4.78, 5) is 7.90. The summed E-state index contributed by atoms with van der Waals surface area (Å²) in [6.45, 7) is 2.80. The predicted molar refractivity (Wildman–Crippen MR) is 98.2 cm³/mol. The third-order valence-electron chi connectivity index (χ3n) is 3.62. The lowest BCUT2D eigenvalue weighted by Gasteiger charge is -2.07. The van der Waals surface area contributed by atoms with Gasteiger partial charge in [-0.3, -0.25) is 0 Å². The zero-order chi connectivity index (χ0) is 13.9. The summed E-state index contributed by atoms with van der Waals surface area (Å²) < 4.78 is 0. The molecule has 0 atom stereocenters. The highest BCUT2D eigenvalue weighted by atomic mass is 35.5. The standard InChI is InChI=1S/C17H19N3.2ClH/c1-2-12-5-3-4-6-14(12)13-7-8-15-16(11-13)20-17(19-15)9-10-18;;/h3-8,11H,2,9-10,18H2,1H3,(H,19,20);2*1H. The summed E-state index contributed by atoms with van der Waals surface area (Å²) >= 11 is 0. The normalized spacial score (nSPS) is 10.1. The molecule has 0 saturated heterocycles. The van der Waals surface area contributed by atoms with Crippen LogP contribution in [0.5, 0.6) is 0 Å². The molecule has 0 bridgehead atoms. The Hall–Kier alpha value is -1.55. The monoisotopic (exact) mass is 337 g/mol. The highest BCUT2D eigenvalue weighted by Gasteiger charge is 2.07. The molecule has 2 aromatic carbocycles. The Balaban J connectivity index is 0.00000121. The smallest absolute Gasteiger partial charge is 0.108 e. The van der Waals surface area contributed by atoms with E-state index < -0.39 is 0 Å². The minimum absolute atomic E-state index is 0. The Kier molecular flexibility index (Phi) is 6.88. The van der Waals surface area contributed by atoms with Crippen molar-refractivity contribution >= 4 is 35.8 Å². The number of aromatic nitrogens is 2. The van der Waals surface area contributed by atoms with Gasteiger partial charge in [0.25, 0.3) is 0 Å². The maximum Gasteiger partial charge on any atom is 0.108 e. The number of halogens is 2. The SMILES string of the molecule is CCc1ccccc1-c1ccc2nc(CCN)[nH]c2c1.Cl.Cl. The summed E-state index contributed by atoms with van der Waals surface area (Å²) in [5.74, 6) is 0.962. The molecule has 5 heteroatoms. The minimum Gasteiger partial charge on any atom is -0.342 e. The zero-order valence-electron chi connectivity index (χ0n) is 12.5. The average Bonchev–Trinajstić information content (AvgIpc) is 2.89. The first-order chi connectivity index (χ1) is 9.81. The number of H-pyrrole nitrogens is 1. The van der Waals surface area contributed by atoms with Crippen molar-refractivity contribution in [2.75, 3.05) is 6.54 Å². The molecule has 0 radical (unpaired) electrons. The van der Waals surface area contributed by atoms with Crippen LogP contribution in [0, 0.1) is 0 Å². The number of rotatable bonds is 4. The predicted octanol–water partition coefficient (Wildman–Crippen LogP) is 4.14. The summed E-state index contributed by atoms with van der Waals surface area (Å²) in [5, 5.41) is 0. The molecule has 0 unspecified atom stereocenters. The molecule has 3 N–H and O–H groups in total. The molecule has 1 aromatic heterocycles. The van der Waals surface area contributed by atoms with E-state index in [0.29, 0.717) is 6.54 Å². The van der Waals surface area contributed by atoms with Crippen LogP contribution in [0.3, 0.4) is 0 Å². The number of aromatic amines is 1. The van der Waals surface area contributed by atoms with Crippen LogP contribution < -0.4 is 5.73 Å². The van der Waals surface area contributed by atoms with Crippen molar-refractivity contribution in [1.82, 2.24) is 9.97 Å². The van der Waals surface area contributed by atoms with Crippen LogP contribution in [0.1, 0.15) is 18.3 Å². The second-order valence-corrected chi connectivity index (χ2v) is 4.96. The second-order valence-electron chi connectivity index (χ2n) is 4.96. The first kappa shape index (κ1) is 18.5. The molecular weight excluding hydrogens is 317 g/mol. The molecule has 0 spiro atoms. The topological polar surface area (TPSA) is 54.7 Å². The molecule has 0 aliphatic carbocycles. The number of benzene rings is 2. The number of imidazole rings is 1. The van der Waals surface area contributed by atoms with Crippen molar-refractivity contribution in [3.05, 3.63) is 53.9 Å². The third kappa shape index (κ3) is 3.61. The molecule has 3 aromatic rings. The number of aryl methyl sites for hydroxylation is 1. The van der Waals surface area contributed by atoms with Crippen molar-refractivity contribution in [2.24, 2.45) is 5.73 Å². The van der Waals surface area contributed by atoms with Crippen LogP contribution in [0.25, 0.3) is 22.2 Å². The highest BCUT2D eigenvalue weighted by Crippen LogP contribution is 2.26. The van der Waals surface area contributed by atoms with Gasteiger partial charge in [0.2, 0.25) is 0 Å². The van der Waals surface area contributed by atoms with E-state index >= 15 is 0 Å². The quantitative estimate of drug-likeness (QED) is 0.751. The first-order valence-electron chi connectivity index (χ1n) is 7.09. The third-order valence-corrected chi connectivity index (χ3v) is 3.62. The maximum absolute atomic E-state index is 5.58. The summed E-state index contributed by atoms with van der Waals surface area (Å²) in [7, 11) is 0. The fourth-order valence-corrected chi connectivity index (χ4v) is 2.60. The summed E-state index contributed by atoms with van der Waals surface area (Å²) in [6, 6.07) is 14.9. The Labute approximate surface area is 143 Å². The van der Waals surface area contributed by atoms with Gasteiger partial charge in [-0.1, -0.05) is 37.3 Å². The highest BCUT2D eigenvalue weighted by molar-refractivity contribution is 5.85. The molecular formula is C17H21Cl2N3. The van der Waals surface area contributed by atoms with E-state index in [9.17, 15) is 0 Å². The Bertz CT molecular complexity index is 738. The molecule has 0 fully saturated rings. The van der Waals surface area contributed by atoms with Crippen molar-refractivity contribution in [1.29, 1.82) is 0 Å². The van der Waals surface area contributed by atoms with Gasteiger partial charge >= 0.3 is 0 Å². The van der Waals surface area contributed by atoms with Gasteiger partial charge in [-0.25, -0.2) is 4.98 Å². The number of nitrogens with one attached hydrogen (secondary N) is 1. The fraction of sp³-hybridized carbons (Fsp3) is 0.235. The maximum atomic E-state index is 5.58. The van der Waals surface area contributed by atoms with Crippen LogP contribution in [-0.4, -0.2) is 16.5 Å². The van der Waals surface area contributed by atoms with Crippen molar-refractivity contribution in [3.63, 3.8) is 0 Å². The molecule has 0 aliphatic rings. The van der Waals surface area contributed by atoms with E-state index in [1.807, 2.05) is 0 Å². The lowest BCUT2D eigenvalue weighted by molar-refractivity contribution is 0.900. The molecule has 22 heavy (non-hydrogen) atoms. The molecule has 0 aliphatic heterocycles. The van der Waals surface area contributed by atoms with E-state index in [1.54, 1.807) is 0 Å². The van der Waals surface area contributed by atoms with Gasteiger partial charge in [0.05, 0.1) is 11.0 Å². The van der Waals surface area contributed by atoms with Crippen LogP contribution in [0.4, 0.5) is 0 Å². The first-order valence-corrected chi connectivity index (χ1v) is 7.09. The second kappa shape index (κ2) is 8.18. The van der Waals surface area contributed by atoms with Gasteiger partial charge in [-0.05, 0) is 41.8 Å². The average molecular weight is 338 g/mol. The zero-order valence-corrected chi connectivity index (χ0v) is 14.1. The Morgan fingerprint density at radius 2 is 1.86 bits per heavy atom. The fourth-order valence-electron chi connectivity index (χ4n) is 2.60. The van der Waals surface area contributed by atoms with Crippen molar-refractivity contribution in [3.8, 4) is 11.1 Å². The van der Waals surface area contributed by atoms with Gasteiger partial charge in [0.15, 0.2) is 0 Å². The summed E-state index contributed by atoms with van der Waals surface area (Å²) in [5.41, 5.74) is 11.6. The van der Waals surface area contributed by atoms with Gasteiger partial charge in [0, 0.05) is 6.42 Å². The van der Waals surface area contributed by atoms with E-state index in [2.05, 4.69) is 59.4 Å². The number of hydrogen-bond donors (Lipinski definition) is 2. The van der Waals surface area contributed by atoms with Crippen molar-refractivity contribution in [2.45, 2.75) is 19.8 Å². The van der Waals surface area contributed by atoms with E-state index in [1.165, 1.54) is 16.7 Å². The van der Waals surface area contributed by atoms with Crippen LogP contribution >= 0.6 is 24.8 Å². The lowest BCUT2D eigenvalue weighted by atomic mass is 9.98. The molecule has 3 nitrogen and oxygen atoms in total. The van der Waals surface area contributed by atoms with Gasteiger partial charge in [-0.15, -0.1) is 24.8 Å². The minimum atomic E-state index is 0. The van der Waals surface area contributed by atoms with Crippen molar-refractivity contribution < 1.29 is 0 Å². The summed E-state index contributed by atoms with van der Waals surface area (Å²) in [6.07, 6.45) is 1.82. The molecule has 3 rings (SSSR count). The molecule has 0 saturated carbocycles. The number of hydrogen-bond acceptors (Lipinski definition) is 2. The number of nitrogens with zero attached hydrogens (tertiary/aromatic N) is 1. The van der Waals surface area contributed by atoms with Gasteiger partial charge in [-0.2, -0.15) is 0 Å².